The minimum Gasteiger partial charge on any atom is -0.464 e. The van der Waals surface area contributed by atoms with Gasteiger partial charge in [0, 0.05) is 6.54 Å². The maximum Gasteiger partial charge on any atom is 0.323 e. The van der Waals surface area contributed by atoms with Crippen molar-refractivity contribution in [2.45, 2.75) is 26.8 Å². The third-order valence-corrected chi connectivity index (χ3v) is 2.23. The number of nitrogens with one attached hydrogen (secondary N) is 2. The molecule has 0 aliphatic heterocycles. The van der Waals surface area contributed by atoms with E-state index in [0.29, 0.717) is 30.9 Å². The lowest BCUT2D eigenvalue weighted by molar-refractivity contribution is 0.312. The van der Waals surface area contributed by atoms with Crippen LogP contribution < -0.4 is 15.4 Å². The van der Waals surface area contributed by atoms with Gasteiger partial charge in [-0.3, -0.25) is 0 Å². The lowest BCUT2D eigenvalue weighted by atomic mass is 10.5. The van der Waals surface area contributed by atoms with Gasteiger partial charge < -0.3 is 19.9 Å². The standard InChI is InChI=1S/C11H17N7O2/c1-3-5-12-9-15-10(17-11(16-9)19-4-2)13-6-8-14-7-20-18-8/h7H,3-6H2,1-2H3,(H2,12,13,15,16,17). The van der Waals surface area contributed by atoms with E-state index in [4.69, 9.17) is 4.74 Å². The van der Waals surface area contributed by atoms with Gasteiger partial charge in [-0.25, -0.2) is 0 Å². The number of nitrogens with zero attached hydrogens (tertiary/aromatic N) is 5. The van der Waals surface area contributed by atoms with Crippen LogP contribution in [-0.4, -0.2) is 38.2 Å². The van der Waals surface area contributed by atoms with Crippen LogP contribution in [0, 0.1) is 0 Å². The largest absolute Gasteiger partial charge is 0.464 e. The Kier molecular flexibility index (Phi) is 5.04. The van der Waals surface area contributed by atoms with E-state index < -0.39 is 0 Å². The molecule has 0 aliphatic rings. The second-order valence-corrected chi connectivity index (χ2v) is 3.83. The highest BCUT2D eigenvalue weighted by Crippen LogP contribution is 2.11. The zero-order valence-electron chi connectivity index (χ0n) is 11.5. The van der Waals surface area contributed by atoms with Crippen molar-refractivity contribution in [2.75, 3.05) is 23.8 Å². The molecule has 0 fully saturated rings. The van der Waals surface area contributed by atoms with Crippen LogP contribution in [0.5, 0.6) is 6.01 Å². The van der Waals surface area contributed by atoms with Crippen molar-refractivity contribution in [1.82, 2.24) is 25.1 Å². The lowest BCUT2D eigenvalue weighted by Crippen LogP contribution is -2.11. The molecule has 9 heteroatoms. The molecule has 0 saturated heterocycles. The van der Waals surface area contributed by atoms with E-state index in [2.05, 4.69) is 47.2 Å². The molecule has 0 saturated carbocycles. The molecule has 0 aromatic carbocycles. The van der Waals surface area contributed by atoms with Crippen LogP contribution >= 0.6 is 0 Å². The van der Waals surface area contributed by atoms with Gasteiger partial charge in [-0.05, 0) is 13.3 Å². The Balaban J connectivity index is 2.06. The average Bonchev–Trinajstić information content (AvgIpc) is 2.96. The fourth-order valence-electron chi connectivity index (χ4n) is 1.37. The van der Waals surface area contributed by atoms with Crippen LogP contribution in [0.4, 0.5) is 11.9 Å². The van der Waals surface area contributed by atoms with Crippen molar-refractivity contribution in [3.63, 3.8) is 0 Å². The number of rotatable bonds is 8. The van der Waals surface area contributed by atoms with E-state index in [0.717, 1.165) is 13.0 Å². The molecule has 0 amide bonds. The summed E-state index contributed by atoms with van der Waals surface area (Å²) in [6, 6.07) is 0.275. The van der Waals surface area contributed by atoms with Crippen molar-refractivity contribution in [1.29, 1.82) is 0 Å². The van der Waals surface area contributed by atoms with Crippen LogP contribution in [0.25, 0.3) is 0 Å². The third kappa shape index (κ3) is 4.04. The smallest absolute Gasteiger partial charge is 0.323 e. The molecule has 0 bridgehead atoms. The molecule has 0 unspecified atom stereocenters. The molecule has 2 rings (SSSR count). The van der Waals surface area contributed by atoms with Gasteiger partial charge in [-0.1, -0.05) is 12.1 Å². The summed E-state index contributed by atoms with van der Waals surface area (Å²) in [5.41, 5.74) is 0. The Morgan fingerprint density at radius 1 is 1.15 bits per heavy atom. The van der Waals surface area contributed by atoms with Crippen molar-refractivity contribution < 1.29 is 9.26 Å². The van der Waals surface area contributed by atoms with Crippen molar-refractivity contribution in [2.24, 2.45) is 0 Å². The normalized spacial score (nSPS) is 10.3. The second-order valence-electron chi connectivity index (χ2n) is 3.83. The predicted octanol–water partition coefficient (Wildman–Crippen LogP) is 1.09. The number of hydrogen-bond acceptors (Lipinski definition) is 9. The fourth-order valence-corrected chi connectivity index (χ4v) is 1.37. The first-order valence-corrected chi connectivity index (χ1v) is 6.43. The first-order chi connectivity index (χ1) is 9.81. The van der Waals surface area contributed by atoms with Gasteiger partial charge >= 0.3 is 6.01 Å². The molecule has 2 N–H and O–H groups in total. The van der Waals surface area contributed by atoms with Gasteiger partial charge in [0.1, 0.15) is 0 Å². The highest BCUT2D eigenvalue weighted by molar-refractivity contribution is 5.35. The SMILES string of the molecule is CCCNc1nc(NCc2ncon2)nc(OCC)n1. The summed E-state index contributed by atoms with van der Waals surface area (Å²) in [7, 11) is 0. The van der Waals surface area contributed by atoms with E-state index in [9.17, 15) is 0 Å². The van der Waals surface area contributed by atoms with E-state index >= 15 is 0 Å². The lowest BCUT2D eigenvalue weighted by Gasteiger charge is -2.08. The first-order valence-electron chi connectivity index (χ1n) is 6.43. The van der Waals surface area contributed by atoms with Gasteiger partial charge in [-0.15, -0.1) is 0 Å². The second kappa shape index (κ2) is 7.22. The molecule has 0 aliphatic carbocycles. The number of aromatic nitrogens is 5. The monoisotopic (exact) mass is 279 g/mol. The quantitative estimate of drug-likeness (QED) is 0.733. The van der Waals surface area contributed by atoms with Gasteiger partial charge in [0.05, 0.1) is 13.2 Å². The van der Waals surface area contributed by atoms with Crippen molar-refractivity contribution in [3.8, 4) is 6.01 Å². The highest BCUT2D eigenvalue weighted by Gasteiger charge is 2.07. The van der Waals surface area contributed by atoms with Crippen LogP contribution in [-0.2, 0) is 6.54 Å². The topological polar surface area (TPSA) is 111 Å². The van der Waals surface area contributed by atoms with Gasteiger partial charge in [0.15, 0.2) is 5.82 Å². The van der Waals surface area contributed by atoms with E-state index in [1.165, 1.54) is 6.39 Å². The van der Waals surface area contributed by atoms with Crippen LogP contribution in [0.3, 0.4) is 0 Å². The summed E-state index contributed by atoms with van der Waals surface area (Å²) in [4.78, 5) is 16.5. The molecule has 108 valence electrons. The molecular weight excluding hydrogens is 262 g/mol. The summed E-state index contributed by atoms with van der Waals surface area (Å²) in [5, 5.41) is 9.79. The maximum atomic E-state index is 5.31. The molecule has 20 heavy (non-hydrogen) atoms. The van der Waals surface area contributed by atoms with Crippen LogP contribution in [0.1, 0.15) is 26.1 Å². The van der Waals surface area contributed by atoms with Crippen LogP contribution in [0.15, 0.2) is 10.9 Å². The third-order valence-electron chi connectivity index (χ3n) is 2.23. The van der Waals surface area contributed by atoms with Gasteiger partial charge in [0.2, 0.25) is 18.3 Å². The van der Waals surface area contributed by atoms with Crippen molar-refractivity contribution in [3.05, 3.63) is 12.2 Å². The van der Waals surface area contributed by atoms with Gasteiger partial charge in [-0.2, -0.15) is 19.9 Å². The van der Waals surface area contributed by atoms with Crippen molar-refractivity contribution >= 4 is 11.9 Å². The Labute approximate surface area is 116 Å². The molecule has 0 spiro atoms. The maximum absolute atomic E-state index is 5.31. The van der Waals surface area contributed by atoms with Gasteiger partial charge in [0.25, 0.3) is 0 Å². The summed E-state index contributed by atoms with van der Waals surface area (Å²) in [5.74, 6) is 1.39. The van der Waals surface area contributed by atoms with Crippen LogP contribution in [0.2, 0.25) is 0 Å². The summed E-state index contributed by atoms with van der Waals surface area (Å²) < 4.78 is 9.96. The summed E-state index contributed by atoms with van der Waals surface area (Å²) in [6.07, 6.45) is 2.24. The molecule has 0 atom stereocenters. The number of ether oxygens (including phenoxy) is 1. The number of hydrogen-bond donors (Lipinski definition) is 2. The van der Waals surface area contributed by atoms with E-state index in [-0.39, 0.29) is 6.01 Å². The summed E-state index contributed by atoms with van der Waals surface area (Å²) >= 11 is 0. The molecule has 2 aromatic rings. The average molecular weight is 279 g/mol. The Morgan fingerprint density at radius 3 is 2.60 bits per heavy atom. The number of anilines is 2. The predicted molar refractivity (Wildman–Crippen MR) is 71.4 cm³/mol. The Bertz CT molecular complexity index is 517. The molecule has 0 radical (unpaired) electrons. The molecule has 9 nitrogen and oxygen atoms in total. The zero-order valence-corrected chi connectivity index (χ0v) is 11.5. The van der Waals surface area contributed by atoms with E-state index in [1.807, 2.05) is 6.92 Å². The summed E-state index contributed by atoms with van der Waals surface area (Å²) in [6.45, 7) is 5.56. The van der Waals surface area contributed by atoms with E-state index in [1.54, 1.807) is 0 Å². The first kappa shape index (κ1) is 14.0. The molecular formula is C11H17N7O2. The molecule has 2 aromatic heterocycles. The zero-order chi connectivity index (χ0) is 14.2. The molecule has 2 heterocycles. The minimum absolute atomic E-state index is 0.275. The highest BCUT2D eigenvalue weighted by atomic mass is 16.5. The fraction of sp³-hybridized carbons (Fsp3) is 0.545. The Morgan fingerprint density at radius 2 is 1.95 bits per heavy atom. The Hall–Kier alpha value is -2.45. The minimum atomic E-state index is 0.275.